The third-order valence-electron chi connectivity index (χ3n) is 2.26. The quantitative estimate of drug-likeness (QED) is 0.835. The lowest BCUT2D eigenvalue weighted by Gasteiger charge is -2.06. The zero-order chi connectivity index (χ0) is 13.8. The summed E-state index contributed by atoms with van der Waals surface area (Å²) in [5, 5.41) is 1.45. The van der Waals surface area contributed by atoms with Crippen LogP contribution in [0.1, 0.15) is 11.1 Å². The molecule has 0 atom stereocenters. The summed E-state index contributed by atoms with van der Waals surface area (Å²) in [5.41, 5.74) is 12.7. The van der Waals surface area contributed by atoms with E-state index in [1.54, 1.807) is 24.5 Å². The largest absolute Gasteiger partial charge is 0.389 e. The Hall–Kier alpha value is -1.57. The van der Waals surface area contributed by atoms with E-state index in [2.05, 4.69) is 9.97 Å². The van der Waals surface area contributed by atoms with Gasteiger partial charge < -0.3 is 11.5 Å². The van der Waals surface area contributed by atoms with Gasteiger partial charge in [0.15, 0.2) is 0 Å². The number of hydrogen-bond acceptors (Lipinski definition) is 5. The van der Waals surface area contributed by atoms with Gasteiger partial charge in [0, 0.05) is 23.5 Å². The van der Waals surface area contributed by atoms with E-state index < -0.39 is 0 Å². The molecule has 0 aliphatic carbocycles. The minimum atomic E-state index is 0.307. The summed E-state index contributed by atoms with van der Waals surface area (Å²) in [6.45, 7) is 0. The number of hydrogen-bond donors (Lipinski definition) is 2. The van der Waals surface area contributed by atoms with Crippen molar-refractivity contribution in [2.75, 3.05) is 0 Å². The van der Waals surface area contributed by atoms with E-state index in [1.807, 2.05) is 12.1 Å². The molecule has 0 unspecified atom stereocenters. The van der Waals surface area contributed by atoms with Crippen molar-refractivity contribution in [3.63, 3.8) is 0 Å². The van der Waals surface area contributed by atoms with Crippen LogP contribution in [0, 0.1) is 0 Å². The molecule has 2 aromatic heterocycles. The molecule has 0 aromatic carbocycles. The molecule has 0 saturated heterocycles. The third-order valence-corrected chi connectivity index (χ3v) is 3.66. The van der Waals surface area contributed by atoms with Crippen molar-refractivity contribution in [2.24, 2.45) is 11.5 Å². The first-order chi connectivity index (χ1) is 9.08. The monoisotopic (exact) mass is 306 g/mol. The maximum atomic E-state index is 5.66. The van der Waals surface area contributed by atoms with Crippen LogP contribution in [0.5, 0.6) is 0 Å². The van der Waals surface area contributed by atoms with Gasteiger partial charge in [-0.3, -0.25) is 0 Å². The van der Waals surface area contributed by atoms with E-state index in [4.69, 9.17) is 35.9 Å². The Labute approximate surface area is 125 Å². The molecule has 0 amide bonds. The highest BCUT2D eigenvalue weighted by Crippen LogP contribution is 2.27. The lowest BCUT2D eigenvalue weighted by Crippen LogP contribution is -2.11. The normalized spacial score (nSPS) is 10.1. The van der Waals surface area contributed by atoms with Gasteiger partial charge in [-0.2, -0.15) is 0 Å². The summed E-state index contributed by atoms with van der Waals surface area (Å²) in [5.74, 6) is 0. The van der Waals surface area contributed by atoms with E-state index in [9.17, 15) is 0 Å². The van der Waals surface area contributed by atoms with Gasteiger partial charge in [-0.25, -0.2) is 9.97 Å². The molecule has 7 heteroatoms. The molecule has 0 saturated carbocycles. The zero-order valence-corrected chi connectivity index (χ0v) is 12.2. The minimum Gasteiger partial charge on any atom is -0.389 e. The Morgan fingerprint density at radius 3 is 2.53 bits per heavy atom. The lowest BCUT2D eigenvalue weighted by molar-refractivity contribution is 1.08. The molecule has 0 aliphatic rings. The van der Waals surface area contributed by atoms with Crippen LogP contribution in [0.3, 0.4) is 0 Å². The van der Waals surface area contributed by atoms with E-state index >= 15 is 0 Å². The third kappa shape index (κ3) is 3.46. The van der Waals surface area contributed by atoms with Gasteiger partial charge in [-0.15, -0.1) is 0 Å². The maximum Gasteiger partial charge on any atom is 0.112 e. The summed E-state index contributed by atoms with van der Waals surface area (Å²) in [4.78, 5) is 9.14. The number of rotatable bonds is 4. The van der Waals surface area contributed by atoms with Crippen LogP contribution in [-0.4, -0.2) is 19.9 Å². The molecule has 0 radical (unpaired) electrons. The van der Waals surface area contributed by atoms with Crippen molar-refractivity contribution in [1.82, 2.24) is 9.97 Å². The molecule has 2 heterocycles. The Morgan fingerprint density at radius 1 is 1.05 bits per heavy atom. The standard InChI is InChI=1S/C12H10N4S3/c13-10(17)7-3-5-15-9(6-7)19-12-8(11(14)18)2-1-4-16-12/h1-6H,(H2,13,17)(H2,14,18). The van der Waals surface area contributed by atoms with Gasteiger partial charge in [0.2, 0.25) is 0 Å². The highest BCUT2D eigenvalue weighted by atomic mass is 32.2. The molecule has 19 heavy (non-hydrogen) atoms. The molecular weight excluding hydrogens is 296 g/mol. The van der Waals surface area contributed by atoms with Crippen LogP contribution in [-0.2, 0) is 0 Å². The van der Waals surface area contributed by atoms with Gasteiger partial charge in [0.1, 0.15) is 20.0 Å². The van der Waals surface area contributed by atoms with Gasteiger partial charge in [-0.05, 0) is 36.0 Å². The first-order valence-electron chi connectivity index (χ1n) is 5.26. The molecule has 96 valence electrons. The van der Waals surface area contributed by atoms with Crippen molar-refractivity contribution >= 4 is 46.2 Å². The second kappa shape index (κ2) is 6.05. The van der Waals surface area contributed by atoms with Crippen molar-refractivity contribution in [3.8, 4) is 0 Å². The van der Waals surface area contributed by atoms with Crippen LogP contribution >= 0.6 is 36.2 Å². The summed E-state index contributed by atoms with van der Waals surface area (Å²) in [6, 6.07) is 7.19. The highest BCUT2D eigenvalue weighted by Gasteiger charge is 2.09. The number of aromatic nitrogens is 2. The van der Waals surface area contributed by atoms with Crippen molar-refractivity contribution in [3.05, 3.63) is 47.8 Å². The van der Waals surface area contributed by atoms with Crippen LogP contribution in [0.4, 0.5) is 0 Å². The smallest absolute Gasteiger partial charge is 0.112 e. The first kappa shape index (κ1) is 13.9. The van der Waals surface area contributed by atoms with Crippen LogP contribution < -0.4 is 11.5 Å². The highest BCUT2D eigenvalue weighted by molar-refractivity contribution is 7.99. The summed E-state index contributed by atoms with van der Waals surface area (Å²) in [6.07, 6.45) is 3.34. The average Bonchev–Trinajstić information content (AvgIpc) is 2.39. The van der Waals surface area contributed by atoms with E-state index in [1.165, 1.54) is 11.8 Å². The van der Waals surface area contributed by atoms with E-state index in [0.29, 0.717) is 15.0 Å². The molecule has 0 spiro atoms. The van der Waals surface area contributed by atoms with Gasteiger partial charge in [0.25, 0.3) is 0 Å². The topological polar surface area (TPSA) is 77.8 Å². The van der Waals surface area contributed by atoms with E-state index in [-0.39, 0.29) is 0 Å². The Bertz CT molecular complexity index is 642. The molecule has 4 N–H and O–H groups in total. The van der Waals surface area contributed by atoms with Crippen molar-refractivity contribution < 1.29 is 0 Å². The number of thiocarbonyl (C=S) groups is 2. The fourth-order valence-electron chi connectivity index (χ4n) is 1.38. The predicted molar refractivity (Wildman–Crippen MR) is 84.4 cm³/mol. The van der Waals surface area contributed by atoms with E-state index in [0.717, 1.165) is 16.2 Å². The van der Waals surface area contributed by atoms with Gasteiger partial charge >= 0.3 is 0 Å². The summed E-state index contributed by atoms with van der Waals surface area (Å²) < 4.78 is 0. The SMILES string of the molecule is NC(=S)c1ccnc(Sc2ncccc2C(N)=S)c1. The Balaban J connectivity index is 2.34. The lowest BCUT2D eigenvalue weighted by atomic mass is 10.3. The Kier molecular flexibility index (Phi) is 4.41. The fraction of sp³-hybridized carbons (Fsp3) is 0. The second-order valence-electron chi connectivity index (χ2n) is 3.57. The van der Waals surface area contributed by atoms with Gasteiger partial charge in [0.05, 0.1) is 0 Å². The molecule has 0 fully saturated rings. The zero-order valence-electron chi connectivity index (χ0n) is 9.74. The average molecular weight is 306 g/mol. The molecule has 0 aliphatic heterocycles. The van der Waals surface area contributed by atoms with Crippen molar-refractivity contribution in [1.29, 1.82) is 0 Å². The van der Waals surface area contributed by atoms with Crippen molar-refractivity contribution in [2.45, 2.75) is 10.1 Å². The molecule has 0 bridgehead atoms. The van der Waals surface area contributed by atoms with Crippen LogP contribution in [0.15, 0.2) is 46.7 Å². The van der Waals surface area contributed by atoms with Crippen LogP contribution in [0.25, 0.3) is 0 Å². The molecule has 2 rings (SSSR count). The van der Waals surface area contributed by atoms with Crippen LogP contribution in [0.2, 0.25) is 0 Å². The van der Waals surface area contributed by atoms with Gasteiger partial charge in [-0.1, -0.05) is 24.4 Å². The summed E-state index contributed by atoms with van der Waals surface area (Å²) >= 11 is 11.3. The molecule has 2 aromatic rings. The number of nitrogens with zero attached hydrogens (tertiary/aromatic N) is 2. The summed E-state index contributed by atoms with van der Waals surface area (Å²) in [7, 11) is 0. The second-order valence-corrected chi connectivity index (χ2v) is 5.46. The predicted octanol–water partition coefficient (Wildman–Crippen LogP) is 1.90. The minimum absolute atomic E-state index is 0.307. The molecular formula is C12H10N4S3. The number of nitrogens with two attached hydrogens (primary N) is 2. The first-order valence-corrected chi connectivity index (χ1v) is 6.90. The number of pyridine rings is 2. The molecule has 4 nitrogen and oxygen atoms in total. The maximum absolute atomic E-state index is 5.66. The fourth-order valence-corrected chi connectivity index (χ4v) is 2.63. The Morgan fingerprint density at radius 2 is 1.84 bits per heavy atom.